The van der Waals surface area contributed by atoms with Gasteiger partial charge in [0.15, 0.2) is 5.96 Å². The molecule has 0 saturated carbocycles. The molecule has 1 aromatic rings. The van der Waals surface area contributed by atoms with Crippen LogP contribution in [0.15, 0.2) is 29.3 Å². The first-order chi connectivity index (χ1) is 14.4. The Morgan fingerprint density at radius 1 is 1.07 bits per heavy atom. The first-order valence-corrected chi connectivity index (χ1v) is 12.0. The molecule has 0 aromatic heterocycles. The maximum Gasteiger partial charge on any atom is 0.191 e. The molecule has 1 aliphatic rings. The third kappa shape index (κ3) is 9.67. The van der Waals surface area contributed by atoms with Gasteiger partial charge in [0, 0.05) is 50.8 Å². The van der Waals surface area contributed by atoms with Gasteiger partial charge in [0.05, 0.1) is 0 Å². The lowest BCUT2D eigenvalue weighted by Crippen LogP contribution is -2.46. The standard InChI is InChI=1S/C24H42ClN5/c1-5-26-23(27-12-7-8-13-30-16-14-29(6-2)15-17-30)28-20-24(3,4)19-21-10-9-11-22(25)18-21/h9-11,18H,5-8,12-17,19-20H2,1-4H3,(H2,26,27,28). The summed E-state index contributed by atoms with van der Waals surface area (Å²) < 4.78 is 0. The van der Waals surface area contributed by atoms with Crippen LogP contribution < -0.4 is 10.6 Å². The van der Waals surface area contributed by atoms with E-state index in [1.54, 1.807) is 0 Å². The molecule has 1 aliphatic heterocycles. The summed E-state index contributed by atoms with van der Waals surface area (Å²) in [7, 11) is 0. The molecule has 0 bridgehead atoms. The van der Waals surface area contributed by atoms with E-state index in [-0.39, 0.29) is 5.41 Å². The quantitative estimate of drug-likeness (QED) is 0.314. The van der Waals surface area contributed by atoms with Gasteiger partial charge in [0.1, 0.15) is 0 Å². The van der Waals surface area contributed by atoms with E-state index in [4.69, 9.17) is 16.6 Å². The molecule has 5 nitrogen and oxygen atoms in total. The molecule has 2 N–H and O–H groups in total. The molecule has 1 saturated heterocycles. The Labute approximate surface area is 189 Å². The van der Waals surface area contributed by atoms with Crippen molar-refractivity contribution >= 4 is 17.6 Å². The average Bonchev–Trinajstić information content (AvgIpc) is 2.72. The van der Waals surface area contributed by atoms with Crippen LogP contribution in [0.3, 0.4) is 0 Å². The van der Waals surface area contributed by atoms with Crippen LogP contribution >= 0.6 is 11.6 Å². The summed E-state index contributed by atoms with van der Waals surface area (Å²) in [6.45, 7) is 18.8. The van der Waals surface area contributed by atoms with Gasteiger partial charge in [-0.25, -0.2) is 0 Å². The lowest BCUT2D eigenvalue weighted by molar-refractivity contribution is 0.136. The van der Waals surface area contributed by atoms with Gasteiger partial charge in [-0.15, -0.1) is 0 Å². The molecule has 0 radical (unpaired) electrons. The Kier molecular flexibility index (Phi) is 11.0. The molecule has 0 aliphatic carbocycles. The summed E-state index contributed by atoms with van der Waals surface area (Å²) in [6, 6.07) is 8.14. The van der Waals surface area contributed by atoms with Crippen molar-refractivity contribution in [2.45, 2.75) is 47.0 Å². The monoisotopic (exact) mass is 435 g/mol. The average molecular weight is 436 g/mol. The SMILES string of the molecule is CCNC(=NCC(C)(C)Cc1cccc(Cl)c1)NCCCCN1CCN(CC)CC1. The molecule has 0 unspecified atom stereocenters. The molecule has 1 aromatic carbocycles. The molecule has 0 amide bonds. The topological polar surface area (TPSA) is 42.9 Å². The summed E-state index contributed by atoms with van der Waals surface area (Å²) in [5, 5.41) is 7.69. The molecule has 1 heterocycles. The number of piperazine rings is 1. The number of hydrogen-bond donors (Lipinski definition) is 2. The number of rotatable bonds is 11. The van der Waals surface area contributed by atoms with Gasteiger partial charge in [0.2, 0.25) is 0 Å². The van der Waals surface area contributed by atoms with Crippen molar-refractivity contribution in [3.8, 4) is 0 Å². The molecule has 6 heteroatoms. The Balaban J connectivity index is 1.70. The van der Waals surface area contributed by atoms with E-state index in [1.165, 1.54) is 57.7 Å². The van der Waals surface area contributed by atoms with Crippen molar-refractivity contribution in [2.75, 3.05) is 58.9 Å². The van der Waals surface area contributed by atoms with Crippen molar-refractivity contribution in [1.82, 2.24) is 20.4 Å². The van der Waals surface area contributed by atoms with Crippen molar-refractivity contribution in [3.05, 3.63) is 34.9 Å². The Morgan fingerprint density at radius 3 is 2.47 bits per heavy atom. The summed E-state index contributed by atoms with van der Waals surface area (Å²) in [6.07, 6.45) is 3.37. The fraction of sp³-hybridized carbons (Fsp3) is 0.708. The van der Waals surface area contributed by atoms with Gasteiger partial charge in [-0.1, -0.05) is 44.5 Å². The summed E-state index contributed by atoms with van der Waals surface area (Å²) in [4.78, 5) is 9.99. The fourth-order valence-electron chi connectivity index (χ4n) is 3.89. The maximum atomic E-state index is 6.14. The minimum absolute atomic E-state index is 0.0771. The number of halogens is 1. The molecular weight excluding hydrogens is 394 g/mol. The second kappa shape index (κ2) is 13.2. The zero-order valence-electron chi connectivity index (χ0n) is 19.5. The number of nitrogens with zero attached hydrogens (tertiary/aromatic N) is 3. The van der Waals surface area contributed by atoms with Gasteiger partial charge in [-0.05, 0) is 62.4 Å². The highest BCUT2D eigenvalue weighted by Gasteiger charge is 2.19. The molecule has 170 valence electrons. The van der Waals surface area contributed by atoms with E-state index in [0.717, 1.165) is 37.0 Å². The molecular formula is C24H42ClN5. The van der Waals surface area contributed by atoms with Crippen LogP contribution in [-0.4, -0.2) is 74.7 Å². The number of unbranched alkanes of at least 4 members (excludes halogenated alkanes) is 1. The highest BCUT2D eigenvalue weighted by molar-refractivity contribution is 6.30. The van der Waals surface area contributed by atoms with Crippen LogP contribution in [0.5, 0.6) is 0 Å². The first kappa shape index (κ1) is 25.0. The number of guanidine groups is 1. The van der Waals surface area contributed by atoms with Crippen LogP contribution in [0.4, 0.5) is 0 Å². The number of hydrogen-bond acceptors (Lipinski definition) is 3. The van der Waals surface area contributed by atoms with Crippen molar-refractivity contribution in [1.29, 1.82) is 0 Å². The normalized spacial score (nSPS) is 16.6. The van der Waals surface area contributed by atoms with Gasteiger partial charge >= 0.3 is 0 Å². The minimum atomic E-state index is 0.0771. The van der Waals surface area contributed by atoms with Crippen molar-refractivity contribution in [2.24, 2.45) is 10.4 Å². The largest absolute Gasteiger partial charge is 0.357 e. The molecule has 2 rings (SSSR count). The van der Waals surface area contributed by atoms with Gasteiger partial charge in [-0.3, -0.25) is 4.99 Å². The van der Waals surface area contributed by atoms with Crippen LogP contribution in [0.2, 0.25) is 5.02 Å². The second-order valence-corrected chi connectivity index (χ2v) is 9.51. The third-order valence-electron chi connectivity index (χ3n) is 5.69. The van der Waals surface area contributed by atoms with E-state index in [0.29, 0.717) is 0 Å². The number of benzene rings is 1. The number of nitrogens with one attached hydrogen (secondary N) is 2. The third-order valence-corrected chi connectivity index (χ3v) is 5.92. The van der Waals surface area contributed by atoms with E-state index >= 15 is 0 Å². The molecule has 1 fully saturated rings. The van der Waals surface area contributed by atoms with Gasteiger partial charge in [0.25, 0.3) is 0 Å². The summed E-state index contributed by atoms with van der Waals surface area (Å²) >= 11 is 6.14. The maximum absolute atomic E-state index is 6.14. The zero-order valence-corrected chi connectivity index (χ0v) is 20.3. The van der Waals surface area contributed by atoms with Crippen LogP contribution in [0.1, 0.15) is 46.1 Å². The highest BCUT2D eigenvalue weighted by Crippen LogP contribution is 2.23. The number of likely N-dealkylation sites (N-methyl/N-ethyl adjacent to an activating group) is 1. The highest BCUT2D eigenvalue weighted by atomic mass is 35.5. The van der Waals surface area contributed by atoms with Crippen LogP contribution in [-0.2, 0) is 6.42 Å². The lowest BCUT2D eigenvalue weighted by Gasteiger charge is -2.34. The van der Waals surface area contributed by atoms with E-state index in [9.17, 15) is 0 Å². The Hall–Kier alpha value is -1.30. The Bertz CT molecular complexity index is 638. The minimum Gasteiger partial charge on any atom is -0.357 e. The Morgan fingerprint density at radius 2 is 1.80 bits per heavy atom. The number of aliphatic imine (C=N–C) groups is 1. The molecule has 30 heavy (non-hydrogen) atoms. The molecule has 0 atom stereocenters. The lowest BCUT2D eigenvalue weighted by atomic mass is 9.86. The molecule has 0 spiro atoms. The fourth-order valence-corrected chi connectivity index (χ4v) is 4.10. The second-order valence-electron chi connectivity index (χ2n) is 9.08. The van der Waals surface area contributed by atoms with E-state index in [2.05, 4.69) is 60.3 Å². The van der Waals surface area contributed by atoms with E-state index in [1.807, 2.05) is 12.1 Å². The van der Waals surface area contributed by atoms with Gasteiger partial charge < -0.3 is 20.4 Å². The van der Waals surface area contributed by atoms with Crippen molar-refractivity contribution in [3.63, 3.8) is 0 Å². The first-order valence-electron chi connectivity index (χ1n) is 11.6. The predicted molar refractivity (Wildman–Crippen MR) is 131 cm³/mol. The zero-order chi connectivity index (χ0) is 21.8. The van der Waals surface area contributed by atoms with Crippen molar-refractivity contribution < 1.29 is 0 Å². The van der Waals surface area contributed by atoms with Gasteiger partial charge in [-0.2, -0.15) is 0 Å². The van der Waals surface area contributed by atoms with E-state index < -0.39 is 0 Å². The van der Waals surface area contributed by atoms with Crippen LogP contribution in [0, 0.1) is 5.41 Å². The smallest absolute Gasteiger partial charge is 0.191 e. The predicted octanol–water partition coefficient (Wildman–Crippen LogP) is 3.88. The van der Waals surface area contributed by atoms with Crippen LogP contribution in [0.25, 0.3) is 0 Å². The summed E-state index contributed by atoms with van der Waals surface area (Å²) in [5.74, 6) is 0.924. The summed E-state index contributed by atoms with van der Waals surface area (Å²) in [5.41, 5.74) is 1.34.